The van der Waals surface area contributed by atoms with Crippen molar-refractivity contribution in [3.63, 3.8) is 0 Å². The number of hydrogen-bond donors (Lipinski definition) is 6. The fourth-order valence-corrected chi connectivity index (χ4v) is 7.74. The van der Waals surface area contributed by atoms with Crippen LogP contribution in [0, 0.1) is 5.92 Å². The Balaban J connectivity index is 1.29. The van der Waals surface area contributed by atoms with E-state index in [2.05, 4.69) is 20.5 Å². The van der Waals surface area contributed by atoms with E-state index in [4.69, 9.17) is 20.3 Å². The number of phosphoric acid groups is 1. The van der Waals surface area contributed by atoms with E-state index in [1.165, 1.54) is 24.3 Å². The highest BCUT2D eigenvalue weighted by molar-refractivity contribution is 7.46. The Morgan fingerprint density at radius 3 is 2.18 bits per heavy atom. The number of carbonyl (C=O) groups is 5. The molecule has 2 aliphatic rings. The van der Waals surface area contributed by atoms with E-state index in [-0.39, 0.29) is 43.7 Å². The van der Waals surface area contributed by atoms with Crippen molar-refractivity contribution in [1.82, 2.24) is 20.9 Å². The molecule has 0 saturated carbocycles. The number of amides is 4. The molecule has 15 nitrogen and oxygen atoms in total. The summed E-state index contributed by atoms with van der Waals surface area (Å²) in [5.74, 6) is -3.44. The number of esters is 1. The molecule has 16 heteroatoms. The van der Waals surface area contributed by atoms with Gasteiger partial charge in [0.15, 0.2) is 0 Å². The van der Waals surface area contributed by atoms with E-state index >= 15 is 0 Å². The lowest BCUT2D eigenvalue weighted by molar-refractivity contribution is -0.149. The van der Waals surface area contributed by atoms with Gasteiger partial charge in [-0.05, 0) is 80.3 Å². The summed E-state index contributed by atoms with van der Waals surface area (Å²) in [6, 6.07) is 21.3. The van der Waals surface area contributed by atoms with E-state index in [1.54, 1.807) is 17.0 Å². The summed E-state index contributed by atoms with van der Waals surface area (Å²) in [5, 5.41) is 8.68. The van der Waals surface area contributed by atoms with Crippen molar-refractivity contribution in [2.75, 3.05) is 6.54 Å². The quantitative estimate of drug-likeness (QED) is 0.0807. The summed E-state index contributed by atoms with van der Waals surface area (Å²) in [6.07, 6.45) is 3.99. The third-order valence-corrected chi connectivity index (χ3v) is 10.7. The van der Waals surface area contributed by atoms with Crippen LogP contribution in [0.2, 0.25) is 0 Å². The maximum atomic E-state index is 14.4. The van der Waals surface area contributed by atoms with Crippen molar-refractivity contribution in [1.29, 1.82) is 0 Å². The number of phosphoric ester groups is 1. The van der Waals surface area contributed by atoms with Crippen LogP contribution in [0.25, 0.3) is 0 Å². The first-order valence-electron chi connectivity index (χ1n) is 19.4. The largest absolute Gasteiger partial charge is 0.524 e. The van der Waals surface area contributed by atoms with Crippen molar-refractivity contribution in [2.24, 2.45) is 11.7 Å². The molecule has 5 atom stereocenters. The van der Waals surface area contributed by atoms with Crippen LogP contribution in [-0.2, 0) is 52.8 Å². The normalized spacial score (nSPS) is 19.2. The molecule has 2 heterocycles. The predicted octanol–water partition coefficient (Wildman–Crippen LogP) is 3.41. The maximum absolute atomic E-state index is 14.4. The Morgan fingerprint density at radius 2 is 1.51 bits per heavy atom. The fraction of sp³-hybridized carbons (Fsp3) is 0.439. The van der Waals surface area contributed by atoms with Crippen molar-refractivity contribution in [3.8, 4) is 5.75 Å². The van der Waals surface area contributed by atoms with Gasteiger partial charge in [0.1, 0.15) is 30.5 Å². The summed E-state index contributed by atoms with van der Waals surface area (Å²) < 4.78 is 21.4. The zero-order valence-corrected chi connectivity index (χ0v) is 32.7. The predicted molar refractivity (Wildman–Crippen MR) is 210 cm³/mol. The van der Waals surface area contributed by atoms with Gasteiger partial charge < -0.3 is 35.8 Å². The van der Waals surface area contributed by atoms with Crippen molar-refractivity contribution in [2.45, 2.75) is 102 Å². The fourth-order valence-electron chi connectivity index (χ4n) is 7.34. The average Bonchev–Trinajstić information content (AvgIpc) is 3.62. The number of rotatable bonds is 18. The molecular formula is C41H52N5O10P. The molecule has 0 aliphatic carbocycles. The molecule has 3 aromatic carbocycles. The van der Waals surface area contributed by atoms with Crippen LogP contribution in [0.15, 0.2) is 84.9 Å². The first-order chi connectivity index (χ1) is 27.4. The second kappa shape index (κ2) is 20.9. The summed E-state index contributed by atoms with van der Waals surface area (Å²) in [5.41, 5.74) is 8.00. The minimum absolute atomic E-state index is 0.00506. The molecule has 0 unspecified atom stereocenters. The monoisotopic (exact) mass is 805 g/mol. The summed E-state index contributed by atoms with van der Waals surface area (Å²) in [4.78, 5) is 88.6. The van der Waals surface area contributed by atoms with E-state index in [9.17, 15) is 28.5 Å². The van der Waals surface area contributed by atoms with Gasteiger partial charge in [-0.25, -0.2) is 4.57 Å². The molecule has 2 aliphatic heterocycles. The highest BCUT2D eigenvalue weighted by Crippen LogP contribution is 2.37. The topological polar surface area (TPSA) is 227 Å². The Morgan fingerprint density at radius 1 is 0.842 bits per heavy atom. The molecule has 3 aromatic rings. The van der Waals surface area contributed by atoms with Crippen LogP contribution < -0.4 is 26.2 Å². The molecule has 5 rings (SSSR count). The molecule has 306 valence electrons. The standard InChI is InChI=1S/C41H52N5O10P/c42-23-9-16-34(39(49)43-26-29-10-3-1-4-11-29)44-40(50)36-22-19-32-14-7-8-15-35(41(51)46(32)36)45-38(48)31(25-37(47)55-27-30-12-5-2-6-13-30)24-28-17-20-33(21-18-28)56-57(52,53)54/h1-6,10-13,17-18,20-21,31-32,34-36H,7-9,14-16,19,22-27,42H2,(H,43,49)(H,44,50)(H,45,48)(H2,52,53,54)/t31-,32+,34+,35+,36+/m1/s1. The first kappa shape index (κ1) is 43.1. The third-order valence-electron chi connectivity index (χ3n) is 10.3. The van der Waals surface area contributed by atoms with Gasteiger partial charge in [0.05, 0.1) is 12.3 Å². The van der Waals surface area contributed by atoms with Crippen LogP contribution >= 0.6 is 7.82 Å². The number of benzene rings is 3. The average molecular weight is 806 g/mol. The second-order valence-electron chi connectivity index (χ2n) is 14.5. The van der Waals surface area contributed by atoms with Crippen LogP contribution in [0.4, 0.5) is 0 Å². The Kier molecular flexibility index (Phi) is 15.8. The molecular weight excluding hydrogens is 753 g/mol. The summed E-state index contributed by atoms with van der Waals surface area (Å²) in [7, 11) is -4.79. The van der Waals surface area contributed by atoms with Crippen molar-refractivity contribution < 1.29 is 47.6 Å². The Hall–Kier alpha value is -5.08. The Labute approximate surface area is 332 Å². The first-order valence-corrected chi connectivity index (χ1v) is 20.9. The second-order valence-corrected chi connectivity index (χ2v) is 15.7. The molecule has 2 fully saturated rings. The molecule has 0 bridgehead atoms. The molecule has 0 radical (unpaired) electrons. The van der Waals surface area contributed by atoms with E-state index in [0.717, 1.165) is 17.5 Å². The molecule has 0 spiro atoms. The van der Waals surface area contributed by atoms with Gasteiger partial charge in [-0.1, -0.05) is 85.6 Å². The van der Waals surface area contributed by atoms with Gasteiger partial charge in [-0.15, -0.1) is 0 Å². The lowest BCUT2D eigenvalue weighted by atomic mass is 9.93. The molecule has 0 aromatic heterocycles. The van der Waals surface area contributed by atoms with Crippen LogP contribution in [-0.4, -0.2) is 75.0 Å². The lowest BCUT2D eigenvalue weighted by Crippen LogP contribution is -2.58. The highest BCUT2D eigenvalue weighted by Gasteiger charge is 2.45. The zero-order chi connectivity index (χ0) is 40.8. The number of nitrogens with two attached hydrogens (primary N) is 1. The molecule has 57 heavy (non-hydrogen) atoms. The highest BCUT2D eigenvalue weighted by atomic mass is 31.2. The van der Waals surface area contributed by atoms with Crippen molar-refractivity contribution >= 4 is 37.4 Å². The van der Waals surface area contributed by atoms with Gasteiger partial charge in [0.2, 0.25) is 23.6 Å². The van der Waals surface area contributed by atoms with Crippen LogP contribution in [0.3, 0.4) is 0 Å². The minimum Gasteiger partial charge on any atom is -0.461 e. The molecule has 4 amide bonds. The number of hydrogen-bond acceptors (Lipinski definition) is 9. The van der Waals surface area contributed by atoms with Crippen LogP contribution in [0.5, 0.6) is 5.75 Å². The van der Waals surface area contributed by atoms with Crippen LogP contribution in [0.1, 0.15) is 74.5 Å². The number of carbonyl (C=O) groups excluding carboxylic acids is 5. The smallest absolute Gasteiger partial charge is 0.461 e. The summed E-state index contributed by atoms with van der Waals surface area (Å²) in [6.45, 7) is 0.622. The van der Waals surface area contributed by atoms with Gasteiger partial charge in [-0.3, -0.25) is 33.8 Å². The maximum Gasteiger partial charge on any atom is 0.524 e. The number of fused-ring (bicyclic) bond motifs is 1. The number of nitrogens with zero attached hydrogens (tertiary/aromatic N) is 1. The molecule has 7 N–H and O–H groups in total. The SMILES string of the molecule is NCCC[C@H](NC(=O)[C@@H]1CC[C@@H]2CCCC[C@H](NC(=O)[C@@H](CC(=O)OCc3ccccc3)Cc3ccc(OP(=O)(O)O)cc3)C(=O)N21)C(=O)NCc1ccccc1. The zero-order valence-electron chi connectivity index (χ0n) is 31.8. The minimum atomic E-state index is -4.79. The van der Waals surface area contributed by atoms with E-state index < -0.39 is 55.6 Å². The van der Waals surface area contributed by atoms with Gasteiger partial charge in [0.25, 0.3) is 0 Å². The summed E-state index contributed by atoms with van der Waals surface area (Å²) >= 11 is 0. The van der Waals surface area contributed by atoms with Crippen molar-refractivity contribution in [3.05, 3.63) is 102 Å². The van der Waals surface area contributed by atoms with Gasteiger partial charge in [-0.2, -0.15) is 0 Å². The van der Waals surface area contributed by atoms with E-state index in [0.29, 0.717) is 57.1 Å². The van der Waals surface area contributed by atoms with E-state index in [1.807, 2.05) is 48.5 Å². The Bertz CT molecular complexity index is 1860. The number of nitrogens with one attached hydrogen (secondary N) is 3. The lowest BCUT2D eigenvalue weighted by Gasteiger charge is -2.36. The van der Waals surface area contributed by atoms with Gasteiger partial charge >= 0.3 is 13.8 Å². The number of ether oxygens (including phenoxy) is 1. The molecule has 2 saturated heterocycles. The third kappa shape index (κ3) is 13.2. The van der Waals surface area contributed by atoms with Gasteiger partial charge in [0, 0.05) is 12.6 Å².